The molecule has 3 rings (SSSR count). The monoisotopic (exact) mass is 392 g/mol. The van der Waals surface area contributed by atoms with Crippen LogP contribution in [-0.2, 0) is 22.9 Å². The van der Waals surface area contributed by atoms with Gasteiger partial charge in [0.1, 0.15) is 4.21 Å². The minimum Gasteiger partial charge on any atom is -0.295 e. The summed E-state index contributed by atoms with van der Waals surface area (Å²) in [7, 11) is -3.38. The standard InChI is InChI=1S/C20H28N2O2S2/c1-4-19-10-11-20(25-19)26(23,24)21-14-16(2)22(17(3)15-21)13-12-18-8-6-5-7-9-18/h5-11,16-17H,4,12-15H2,1-3H3. The van der Waals surface area contributed by atoms with Crippen molar-refractivity contribution in [3.63, 3.8) is 0 Å². The second-order valence-electron chi connectivity index (χ2n) is 7.07. The first-order valence-corrected chi connectivity index (χ1v) is 11.6. The van der Waals surface area contributed by atoms with E-state index in [2.05, 4.69) is 49.9 Å². The van der Waals surface area contributed by atoms with E-state index in [1.54, 1.807) is 10.4 Å². The Morgan fingerprint density at radius 1 is 1.04 bits per heavy atom. The minimum absolute atomic E-state index is 0.211. The summed E-state index contributed by atoms with van der Waals surface area (Å²) in [5.41, 5.74) is 1.33. The number of benzene rings is 1. The van der Waals surface area contributed by atoms with Gasteiger partial charge in [0.2, 0.25) is 0 Å². The third-order valence-corrected chi connectivity index (χ3v) is 8.68. The van der Waals surface area contributed by atoms with Gasteiger partial charge in [-0.3, -0.25) is 4.90 Å². The third kappa shape index (κ3) is 4.19. The third-order valence-electron chi connectivity index (χ3n) is 5.15. The van der Waals surface area contributed by atoms with Gasteiger partial charge in [0.15, 0.2) is 0 Å². The average Bonchev–Trinajstić information content (AvgIpc) is 3.12. The summed E-state index contributed by atoms with van der Waals surface area (Å²) in [6.45, 7) is 8.39. The van der Waals surface area contributed by atoms with Crippen LogP contribution >= 0.6 is 11.3 Å². The highest BCUT2D eigenvalue weighted by Crippen LogP contribution is 2.28. The van der Waals surface area contributed by atoms with Gasteiger partial charge in [-0.2, -0.15) is 4.31 Å². The van der Waals surface area contributed by atoms with Gasteiger partial charge in [-0.1, -0.05) is 37.3 Å². The lowest BCUT2D eigenvalue weighted by Crippen LogP contribution is -2.58. The van der Waals surface area contributed by atoms with Crippen LogP contribution in [0.4, 0.5) is 0 Å². The number of thiophene rings is 1. The molecule has 0 radical (unpaired) electrons. The topological polar surface area (TPSA) is 40.6 Å². The van der Waals surface area contributed by atoms with Crippen molar-refractivity contribution in [1.29, 1.82) is 0 Å². The molecule has 2 aromatic rings. The van der Waals surface area contributed by atoms with Crippen molar-refractivity contribution in [2.24, 2.45) is 0 Å². The first kappa shape index (κ1) is 19.5. The van der Waals surface area contributed by atoms with Crippen LogP contribution in [0.5, 0.6) is 0 Å². The smallest absolute Gasteiger partial charge is 0.252 e. The zero-order chi connectivity index (χ0) is 18.7. The average molecular weight is 393 g/mol. The minimum atomic E-state index is -3.38. The summed E-state index contributed by atoms with van der Waals surface area (Å²) in [5, 5.41) is 0. The predicted molar refractivity (Wildman–Crippen MR) is 108 cm³/mol. The highest BCUT2D eigenvalue weighted by molar-refractivity contribution is 7.91. The van der Waals surface area contributed by atoms with Crippen LogP contribution in [-0.4, -0.2) is 49.3 Å². The van der Waals surface area contributed by atoms with Gasteiger partial charge in [-0.25, -0.2) is 8.42 Å². The van der Waals surface area contributed by atoms with E-state index in [0.29, 0.717) is 17.3 Å². The molecule has 1 aliphatic rings. The van der Waals surface area contributed by atoms with Crippen LogP contribution in [0, 0.1) is 0 Å². The molecule has 1 saturated heterocycles. The molecule has 142 valence electrons. The molecule has 0 bridgehead atoms. The summed E-state index contributed by atoms with van der Waals surface area (Å²) < 4.78 is 28.2. The zero-order valence-electron chi connectivity index (χ0n) is 15.8. The fourth-order valence-electron chi connectivity index (χ4n) is 3.66. The normalized spacial score (nSPS) is 22.6. The lowest BCUT2D eigenvalue weighted by molar-refractivity contribution is 0.0785. The Labute approximate surface area is 161 Å². The Hall–Kier alpha value is -1.21. The van der Waals surface area contributed by atoms with Crippen molar-refractivity contribution in [2.45, 2.75) is 49.9 Å². The molecule has 2 atom stereocenters. The number of aryl methyl sites for hydroxylation is 1. The number of hydrogen-bond donors (Lipinski definition) is 0. The molecule has 6 heteroatoms. The van der Waals surface area contributed by atoms with Gasteiger partial charge >= 0.3 is 0 Å². The zero-order valence-corrected chi connectivity index (χ0v) is 17.4. The first-order valence-electron chi connectivity index (χ1n) is 9.30. The van der Waals surface area contributed by atoms with E-state index in [9.17, 15) is 8.42 Å². The Balaban J connectivity index is 1.67. The molecule has 2 unspecified atom stereocenters. The van der Waals surface area contributed by atoms with Crippen LogP contribution in [0.1, 0.15) is 31.2 Å². The molecule has 0 N–H and O–H groups in total. The molecule has 26 heavy (non-hydrogen) atoms. The van der Waals surface area contributed by atoms with Gasteiger partial charge < -0.3 is 0 Å². The number of hydrogen-bond acceptors (Lipinski definition) is 4. The van der Waals surface area contributed by atoms with Gasteiger partial charge in [-0.15, -0.1) is 11.3 Å². The SMILES string of the molecule is CCc1ccc(S(=O)(=O)N2CC(C)N(CCc3ccccc3)C(C)C2)s1. The lowest BCUT2D eigenvalue weighted by Gasteiger charge is -2.43. The fraction of sp³-hybridized carbons (Fsp3) is 0.500. The molecule has 0 amide bonds. The quantitative estimate of drug-likeness (QED) is 0.754. The van der Waals surface area contributed by atoms with E-state index in [1.807, 2.05) is 12.1 Å². The molecule has 4 nitrogen and oxygen atoms in total. The number of piperazine rings is 1. The number of rotatable bonds is 6. The second kappa shape index (κ2) is 8.21. The van der Waals surface area contributed by atoms with E-state index in [0.717, 1.165) is 24.3 Å². The molecular formula is C20H28N2O2S2. The van der Waals surface area contributed by atoms with E-state index in [4.69, 9.17) is 0 Å². The molecule has 0 aliphatic carbocycles. The van der Waals surface area contributed by atoms with Crippen LogP contribution in [0.2, 0.25) is 0 Å². The van der Waals surface area contributed by atoms with E-state index >= 15 is 0 Å². The van der Waals surface area contributed by atoms with Gasteiger partial charge in [0.25, 0.3) is 10.0 Å². The van der Waals surface area contributed by atoms with E-state index < -0.39 is 10.0 Å². The number of sulfonamides is 1. The number of nitrogens with zero attached hydrogens (tertiary/aromatic N) is 2. The summed E-state index contributed by atoms with van der Waals surface area (Å²) in [4.78, 5) is 3.55. The predicted octanol–water partition coefficient (Wildman–Crippen LogP) is 3.64. The van der Waals surface area contributed by atoms with Crippen molar-refractivity contribution >= 4 is 21.4 Å². The molecule has 1 aromatic heterocycles. The van der Waals surface area contributed by atoms with Crippen molar-refractivity contribution in [2.75, 3.05) is 19.6 Å². The van der Waals surface area contributed by atoms with Crippen molar-refractivity contribution < 1.29 is 8.42 Å². The second-order valence-corrected chi connectivity index (χ2v) is 10.4. The molecular weight excluding hydrogens is 364 g/mol. The van der Waals surface area contributed by atoms with Crippen LogP contribution in [0.3, 0.4) is 0 Å². The van der Waals surface area contributed by atoms with Crippen LogP contribution < -0.4 is 0 Å². The highest BCUT2D eigenvalue weighted by Gasteiger charge is 2.36. The summed E-state index contributed by atoms with van der Waals surface area (Å²) in [6, 6.07) is 14.6. The van der Waals surface area contributed by atoms with Crippen LogP contribution in [0.25, 0.3) is 0 Å². The van der Waals surface area contributed by atoms with Crippen molar-refractivity contribution in [3.8, 4) is 0 Å². The fourth-order valence-corrected chi connectivity index (χ4v) is 6.71. The van der Waals surface area contributed by atoms with Gasteiger partial charge in [0.05, 0.1) is 0 Å². The maximum absolute atomic E-state index is 13.0. The van der Waals surface area contributed by atoms with Crippen LogP contribution in [0.15, 0.2) is 46.7 Å². The Kier molecular flexibility index (Phi) is 6.17. The van der Waals surface area contributed by atoms with Gasteiger partial charge in [-0.05, 0) is 44.4 Å². The molecule has 2 heterocycles. The Bertz CT molecular complexity index is 805. The summed E-state index contributed by atoms with van der Waals surface area (Å²) in [6.07, 6.45) is 1.87. The molecule has 1 aliphatic heterocycles. The largest absolute Gasteiger partial charge is 0.295 e. The van der Waals surface area contributed by atoms with Crippen molar-refractivity contribution in [1.82, 2.24) is 9.21 Å². The maximum Gasteiger partial charge on any atom is 0.252 e. The molecule has 0 saturated carbocycles. The van der Waals surface area contributed by atoms with Crippen molar-refractivity contribution in [3.05, 3.63) is 52.9 Å². The lowest BCUT2D eigenvalue weighted by atomic mass is 10.1. The summed E-state index contributed by atoms with van der Waals surface area (Å²) in [5.74, 6) is 0. The highest BCUT2D eigenvalue weighted by atomic mass is 32.2. The Morgan fingerprint density at radius 2 is 1.69 bits per heavy atom. The first-order chi connectivity index (χ1) is 12.4. The van der Waals surface area contributed by atoms with E-state index in [1.165, 1.54) is 16.9 Å². The van der Waals surface area contributed by atoms with E-state index in [-0.39, 0.29) is 12.1 Å². The van der Waals surface area contributed by atoms with Gasteiger partial charge in [0, 0.05) is 36.6 Å². The Morgan fingerprint density at radius 3 is 2.27 bits per heavy atom. The summed E-state index contributed by atoms with van der Waals surface area (Å²) >= 11 is 1.40. The molecule has 1 aromatic carbocycles. The molecule has 0 spiro atoms. The molecule has 1 fully saturated rings. The maximum atomic E-state index is 13.0.